The van der Waals surface area contributed by atoms with Gasteiger partial charge in [-0.2, -0.15) is 8.78 Å². The van der Waals surface area contributed by atoms with E-state index in [1.165, 1.54) is 6.20 Å². The molecule has 0 bridgehead atoms. The van der Waals surface area contributed by atoms with E-state index in [1.807, 2.05) is 6.07 Å². The summed E-state index contributed by atoms with van der Waals surface area (Å²) in [5.74, 6) is 0. The summed E-state index contributed by atoms with van der Waals surface area (Å²) in [5, 5.41) is 4.08. The molecular formula is C13H16F2N2O. The number of methoxy groups -OCH3 is 1. The van der Waals surface area contributed by atoms with Crippen molar-refractivity contribution in [1.82, 2.24) is 9.88 Å². The molecule has 0 fully saturated rings. The molecule has 3 nitrogen and oxygen atoms in total. The first-order valence-electron chi connectivity index (χ1n) is 5.80. The molecule has 0 aliphatic rings. The van der Waals surface area contributed by atoms with Gasteiger partial charge in [0.15, 0.2) is 0 Å². The molecule has 0 atom stereocenters. The number of nitrogens with one attached hydrogen (secondary N) is 1. The summed E-state index contributed by atoms with van der Waals surface area (Å²) in [7, 11) is 1.64. The number of nitrogens with zero attached hydrogens (tertiary/aromatic N) is 1. The summed E-state index contributed by atoms with van der Waals surface area (Å²) in [4.78, 5) is 0. The lowest BCUT2D eigenvalue weighted by Gasteiger charge is -2.07. The molecule has 0 spiro atoms. The summed E-state index contributed by atoms with van der Waals surface area (Å²) in [6, 6.07) is 7.18. The van der Waals surface area contributed by atoms with Gasteiger partial charge in [-0.25, -0.2) is 0 Å². The zero-order chi connectivity index (χ0) is 13.0. The van der Waals surface area contributed by atoms with E-state index in [4.69, 9.17) is 4.74 Å². The van der Waals surface area contributed by atoms with Crippen LogP contribution in [0.1, 0.15) is 12.1 Å². The predicted octanol–water partition coefficient (Wildman–Crippen LogP) is 2.77. The van der Waals surface area contributed by atoms with Gasteiger partial charge >= 0.3 is 6.55 Å². The summed E-state index contributed by atoms with van der Waals surface area (Å²) in [6.07, 6.45) is 1.42. The number of ether oxygens (including phenoxy) is 1. The Morgan fingerprint density at radius 3 is 2.89 bits per heavy atom. The van der Waals surface area contributed by atoms with Gasteiger partial charge < -0.3 is 10.1 Å². The van der Waals surface area contributed by atoms with Crippen molar-refractivity contribution in [3.8, 4) is 0 Å². The fraction of sp³-hybridized carbons (Fsp3) is 0.385. The van der Waals surface area contributed by atoms with Gasteiger partial charge in [0, 0.05) is 31.8 Å². The Hall–Kier alpha value is -1.46. The monoisotopic (exact) mass is 254 g/mol. The molecule has 0 aliphatic carbocycles. The molecule has 1 heterocycles. The summed E-state index contributed by atoms with van der Waals surface area (Å²) in [6.45, 7) is -0.482. The van der Waals surface area contributed by atoms with Crippen molar-refractivity contribution >= 4 is 10.9 Å². The van der Waals surface area contributed by atoms with E-state index in [9.17, 15) is 8.78 Å². The molecule has 0 saturated heterocycles. The Balaban J connectivity index is 2.18. The second-order valence-electron chi connectivity index (χ2n) is 4.02. The van der Waals surface area contributed by atoms with E-state index in [0.29, 0.717) is 18.7 Å². The Labute approximate surface area is 104 Å². The molecular weight excluding hydrogens is 238 g/mol. The highest BCUT2D eigenvalue weighted by atomic mass is 19.3. The van der Waals surface area contributed by atoms with E-state index in [2.05, 4.69) is 5.32 Å². The lowest BCUT2D eigenvalue weighted by Crippen LogP contribution is -2.18. The number of aromatic nitrogens is 1. The van der Waals surface area contributed by atoms with Crippen LogP contribution in [-0.2, 0) is 11.3 Å². The number of alkyl halides is 2. The third-order valence-electron chi connectivity index (χ3n) is 2.86. The summed E-state index contributed by atoms with van der Waals surface area (Å²) < 4.78 is 31.4. The van der Waals surface area contributed by atoms with Gasteiger partial charge in [0.05, 0.1) is 12.1 Å². The van der Waals surface area contributed by atoms with Crippen LogP contribution in [0.15, 0.2) is 30.5 Å². The van der Waals surface area contributed by atoms with Crippen LogP contribution in [0, 0.1) is 0 Å². The molecule has 0 radical (unpaired) electrons. The van der Waals surface area contributed by atoms with E-state index < -0.39 is 6.55 Å². The number of hydrogen-bond acceptors (Lipinski definition) is 2. The third-order valence-corrected chi connectivity index (χ3v) is 2.86. The fourth-order valence-corrected chi connectivity index (χ4v) is 1.97. The first-order valence-corrected chi connectivity index (χ1v) is 5.80. The zero-order valence-corrected chi connectivity index (χ0v) is 10.2. The quantitative estimate of drug-likeness (QED) is 0.802. The average molecular weight is 254 g/mol. The van der Waals surface area contributed by atoms with Crippen molar-refractivity contribution in [2.24, 2.45) is 0 Å². The molecule has 1 aromatic heterocycles. The molecule has 0 aliphatic heterocycles. The predicted molar refractivity (Wildman–Crippen MR) is 66.8 cm³/mol. The number of fused-ring (bicyclic) bond motifs is 1. The van der Waals surface area contributed by atoms with Crippen LogP contribution in [0.2, 0.25) is 0 Å². The zero-order valence-electron chi connectivity index (χ0n) is 10.2. The molecule has 2 rings (SSSR count). The molecule has 5 heteroatoms. The normalized spacial score (nSPS) is 11.6. The minimum Gasteiger partial charge on any atom is -0.383 e. The molecule has 1 N–H and O–H groups in total. The lowest BCUT2D eigenvalue weighted by atomic mass is 10.1. The first kappa shape index (κ1) is 13.0. The summed E-state index contributed by atoms with van der Waals surface area (Å²) in [5.41, 5.74) is 1.58. The van der Waals surface area contributed by atoms with Crippen molar-refractivity contribution in [3.05, 3.63) is 36.0 Å². The van der Waals surface area contributed by atoms with Gasteiger partial charge in [0.1, 0.15) is 0 Å². The Bertz CT molecular complexity index is 511. The Morgan fingerprint density at radius 1 is 1.33 bits per heavy atom. The molecule has 18 heavy (non-hydrogen) atoms. The number of hydrogen-bond donors (Lipinski definition) is 1. The van der Waals surface area contributed by atoms with Crippen LogP contribution in [0.4, 0.5) is 8.78 Å². The molecule has 1 aromatic carbocycles. The highest BCUT2D eigenvalue weighted by Gasteiger charge is 2.10. The van der Waals surface area contributed by atoms with Gasteiger partial charge in [-0.3, -0.25) is 4.57 Å². The topological polar surface area (TPSA) is 26.2 Å². The van der Waals surface area contributed by atoms with E-state index in [0.717, 1.165) is 22.1 Å². The minimum absolute atomic E-state index is 0.566. The van der Waals surface area contributed by atoms with Crippen molar-refractivity contribution in [2.45, 2.75) is 13.1 Å². The maximum atomic E-state index is 12.7. The van der Waals surface area contributed by atoms with Crippen LogP contribution >= 0.6 is 0 Å². The lowest BCUT2D eigenvalue weighted by molar-refractivity contribution is 0.0752. The van der Waals surface area contributed by atoms with Crippen LogP contribution < -0.4 is 5.32 Å². The Kier molecular flexibility index (Phi) is 4.28. The standard InChI is InChI=1S/C13H16F2N2O/c1-18-8-6-16-9-10-3-2-4-12-11(10)5-7-17(12)13(14)15/h2-5,7,13,16H,6,8-9H2,1H3. The summed E-state index contributed by atoms with van der Waals surface area (Å²) >= 11 is 0. The molecule has 0 saturated carbocycles. The number of rotatable bonds is 6. The van der Waals surface area contributed by atoms with Crippen LogP contribution in [0.25, 0.3) is 10.9 Å². The Morgan fingerprint density at radius 2 is 2.17 bits per heavy atom. The second-order valence-corrected chi connectivity index (χ2v) is 4.02. The van der Waals surface area contributed by atoms with Gasteiger partial charge in [-0.05, 0) is 17.7 Å². The van der Waals surface area contributed by atoms with E-state index in [-0.39, 0.29) is 0 Å². The highest BCUT2D eigenvalue weighted by molar-refractivity contribution is 5.83. The van der Waals surface area contributed by atoms with Gasteiger partial charge in [0.2, 0.25) is 0 Å². The number of benzene rings is 1. The molecule has 0 amide bonds. The fourth-order valence-electron chi connectivity index (χ4n) is 1.97. The third kappa shape index (κ3) is 2.68. The largest absolute Gasteiger partial charge is 0.383 e. The van der Waals surface area contributed by atoms with Crippen molar-refractivity contribution in [2.75, 3.05) is 20.3 Å². The maximum absolute atomic E-state index is 12.7. The molecule has 98 valence electrons. The SMILES string of the molecule is COCCNCc1cccc2c1ccn2C(F)F. The van der Waals surface area contributed by atoms with Crippen LogP contribution in [-0.4, -0.2) is 24.8 Å². The van der Waals surface area contributed by atoms with Crippen LogP contribution in [0.5, 0.6) is 0 Å². The molecule has 2 aromatic rings. The van der Waals surface area contributed by atoms with E-state index >= 15 is 0 Å². The van der Waals surface area contributed by atoms with Gasteiger partial charge in [0.25, 0.3) is 0 Å². The minimum atomic E-state index is -2.50. The molecule has 0 unspecified atom stereocenters. The number of halogens is 2. The maximum Gasteiger partial charge on any atom is 0.319 e. The highest BCUT2D eigenvalue weighted by Crippen LogP contribution is 2.24. The van der Waals surface area contributed by atoms with Crippen molar-refractivity contribution in [3.63, 3.8) is 0 Å². The van der Waals surface area contributed by atoms with Gasteiger partial charge in [-0.15, -0.1) is 0 Å². The second kappa shape index (κ2) is 5.93. The van der Waals surface area contributed by atoms with Crippen LogP contribution in [0.3, 0.4) is 0 Å². The first-order chi connectivity index (χ1) is 8.74. The smallest absolute Gasteiger partial charge is 0.319 e. The van der Waals surface area contributed by atoms with Gasteiger partial charge in [-0.1, -0.05) is 12.1 Å². The average Bonchev–Trinajstić information content (AvgIpc) is 2.79. The van der Waals surface area contributed by atoms with Crippen molar-refractivity contribution < 1.29 is 13.5 Å². The van der Waals surface area contributed by atoms with Crippen molar-refractivity contribution in [1.29, 1.82) is 0 Å². The van der Waals surface area contributed by atoms with E-state index in [1.54, 1.807) is 25.3 Å².